The smallest absolute Gasteiger partial charge is 0.410 e. The van der Waals surface area contributed by atoms with Gasteiger partial charge in [-0.3, -0.25) is 0 Å². The molecule has 146 valence electrons. The van der Waals surface area contributed by atoms with Gasteiger partial charge in [0, 0.05) is 18.4 Å². The lowest BCUT2D eigenvalue weighted by Crippen LogP contribution is -2.51. The molecule has 1 saturated heterocycles. The first kappa shape index (κ1) is 21.3. The summed E-state index contributed by atoms with van der Waals surface area (Å²) in [4.78, 5) is 14.5. The molecule has 3 atom stereocenters. The standard InChI is InChI=1S/C18H33Cl2NO3Si/c1-16(2,3)24-15(22)21-10-14-13(18(14,19)20)9-12(21)11-23-25(7,8)17(4,5)6/h12-14H,9-11H2,1-8H3/t12-,13?,14?/m1/s1. The van der Waals surface area contributed by atoms with Crippen molar-refractivity contribution < 1.29 is 14.0 Å². The van der Waals surface area contributed by atoms with Crippen LogP contribution in [-0.2, 0) is 9.16 Å². The van der Waals surface area contributed by atoms with Crippen molar-refractivity contribution in [3.05, 3.63) is 0 Å². The van der Waals surface area contributed by atoms with Crippen LogP contribution < -0.4 is 0 Å². The van der Waals surface area contributed by atoms with Crippen LogP contribution in [0.3, 0.4) is 0 Å². The fraction of sp³-hybridized carbons (Fsp3) is 0.944. The maximum absolute atomic E-state index is 12.7. The van der Waals surface area contributed by atoms with Crippen molar-refractivity contribution in [2.45, 2.75) is 82.1 Å². The zero-order valence-electron chi connectivity index (χ0n) is 16.8. The van der Waals surface area contributed by atoms with Crippen molar-refractivity contribution in [2.24, 2.45) is 11.8 Å². The zero-order chi connectivity index (χ0) is 19.4. The van der Waals surface area contributed by atoms with Gasteiger partial charge in [0.25, 0.3) is 0 Å². The fourth-order valence-corrected chi connectivity index (χ4v) is 4.88. The second-order valence-electron chi connectivity index (χ2n) is 9.98. The Bertz CT molecular complexity index is 525. The average Bonchev–Trinajstić information content (AvgIpc) is 2.93. The van der Waals surface area contributed by atoms with Crippen LogP contribution in [0.1, 0.15) is 48.0 Å². The Kier molecular flexibility index (Phi) is 5.61. The Balaban J connectivity index is 2.10. The minimum atomic E-state index is -1.89. The summed E-state index contributed by atoms with van der Waals surface area (Å²) in [6.45, 7) is 17.8. The van der Waals surface area contributed by atoms with E-state index in [9.17, 15) is 4.79 Å². The number of ether oxygens (including phenoxy) is 1. The summed E-state index contributed by atoms with van der Waals surface area (Å²) in [6.07, 6.45) is 0.469. The van der Waals surface area contributed by atoms with Gasteiger partial charge in [0.2, 0.25) is 0 Å². The van der Waals surface area contributed by atoms with Gasteiger partial charge in [0.1, 0.15) is 9.93 Å². The molecule has 1 saturated carbocycles. The van der Waals surface area contributed by atoms with Crippen molar-refractivity contribution in [1.82, 2.24) is 4.90 Å². The molecule has 1 amide bonds. The first-order chi connectivity index (χ1) is 11.1. The Hall–Kier alpha value is 0.0269. The molecule has 7 heteroatoms. The molecule has 0 aromatic carbocycles. The Morgan fingerprint density at radius 1 is 1.16 bits per heavy atom. The van der Waals surface area contributed by atoms with Crippen LogP contribution in [0.4, 0.5) is 4.79 Å². The van der Waals surface area contributed by atoms with E-state index >= 15 is 0 Å². The van der Waals surface area contributed by atoms with Crippen LogP contribution in [0.25, 0.3) is 0 Å². The number of halogens is 2. The highest BCUT2D eigenvalue weighted by atomic mass is 35.5. The first-order valence-corrected chi connectivity index (χ1v) is 12.7. The molecule has 4 nitrogen and oxygen atoms in total. The molecule has 1 aliphatic heterocycles. The molecular formula is C18H33Cl2NO3Si. The fourth-order valence-electron chi connectivity index (χ4n) is 3.04. The predicted octanol–water partition coefficient (Wildman–Crippen LogP) is 5.44. The van der Waals surface area contributed by atoms with E-state index in [4.69, 9.17) is 32.4 Å². The first-order valence-electron chi connectivity index (χ1n) is 9.07. The van der Waals surface area contributed by atoms with Crippen LogP contribution >= 0.6 is 23.2 Å². The number of likely N-dealkylation sites (tertiary alicyclic amines) is 1. The van der Waals surface area contributed by atoms with E-state index in [1.54, 1.807) is 4.90 Å². The van der Waals surface area contributed by atoms with Gasteiger partial charge in [0.05, 0.1) is 12.6 Å². The van der Waals surface area contributed by atoms with Crippen LogP contribution in [0.15, 0.2) is 0 Å². The number of hydrogen-bond acceptors (Lipinski definition) is 3. The molecule has 25 heavy (non-hydrogen) atoms. The lowest BCUT2D eigenvalue weighted by atomic mass is 10.0. The summed E-state index contributed by atoms with van der Waals surface area (Å²) in [5.74, 6) is 0.370. The Labute approximate surface area is 163 Å². The quantitative estimate of drug-likeness (QED) is 0.460. The highest BCUT2D eigenvalue weighted by molar-refractivity contribution is 6.74. The molecule has 0 N–H and O–H groups in total. The Morgan fingerprint density at radius 2 is 1.72 bits per heavy atom. The molecule has 1 aliphatic carbocycles. The predicted molar refractivity (Wildman–Crippen MR) is 106 cm³/mol. The van der Waals surface area contributed by atoms with Crippen LogP contribution in [-0.4, -0.2) is 48.4 Å². The van der Waals surface area contributed by atoms with Gasteiger partial charge < -0.3 is 14.1 Å². The SMILES string of the molecule is CC(C)(C)OC(=O)N1CC2C(C[C@@H]1CO[Si](C)(C)C(C)(C)C)C2(Cl)Cl. The normalized spacial score (nSPS) is 29.2. The molecule has 0 bridgehead atoms. The molecule has 0 aromatic rings. The van der Waals surface area contributed by atoms with Gasteiger partial charge in [-0.1, -0.05) is 20.8 Å². The minimum absolute atomic E-state index is 0.0374. The molecule has 2 rings (SSSR count). The van der Waals surface area contributed by atoms with Crippen LogP contribution in [0, 0.1) is 11.8 Å². The van der Waals surface area contributed by atoms with E-state index in [0.29, 0.717) is 13.2 Å². The highest BCUT2D eigenvalue weighted by Gasteiger charge is 2.66. The van der Waals surface area contributed by atoms with Crippen molar-refractivity contribution in [2.75, 3.05) is 13.2 Å². The second kappa shape index (κ2) is 6.57. The summed E-state index contributed by atoms with van der Waals surface area (Å²) in [6, 6.07) is -0.0374. The number of rotatable bonds is 3. The third-order valence-corrected chi connectivity index (χ3v) is 11.4. The number of nitrogens with zero attached hydrogens (tertiary/aromatic N) is 1. The molecule has 2 fully saturated rings. The lowest BCUT2D eigenvalue weighted by molar-refractivity contribution is 0.00138. The van der Waals surface area contributed by atoms with E-state index in [-0.39, 0.29) is 29.0 Å². The molecule has 2 aliphatic rings. The number of fused-ring (bicyclic) bond motifs is 1. The Morgan fingerprint density at radius 3 is 2.20 bits per heavy atom. The third kappa shape index (κ3) is 4.66. The van der Waals surface area contributed by atoms with Crippen LogP contribution in [0.2, 0.25) is 18.1 Å². The summed E-state index contributed by atoms with van der Waals surface area (Å²) in [5, 5.41) is 0.128. The van der Waals surface area contributed by atoms with Crippen LogP contribution in [0.5, 0.6) is 0 Å². The van der Waals surface area contributed by atoms with Gasteiger partial charge in [-0.15, -0.1) is 23.2 Å². The molecule has 0 spiro atoms. The molecule has 1 heterocycles. The minimum Gasteiger partial charge on any atom is -0.444 e. The van der Waals surface area contributed by atoms with E-state index in [1.165, 1.54) is 0 Å². The summed E-state index contributed by atoms with van der Waals surface area (Å²) < 4.78 is 11.3. The topological polar surface area (TPSA) is 38.8 Å². The molecule has 2 unspecified atom stereocenters. The number of alkyl halides is 2. The van der Waals surface area contributed by atoms with Gasteiger partial charge in [0.15, 0.2) is 8.32 Å². The summed E-state index contributed by atoms with van der Waals surface area (Å²) in [7, 11) is -1.89. The van der Waals surface area contributed by atoms with Crippen molar-refractivity contribution in [3.63, 3.8) is 0 Å². The van der Waals surface area contributed by atoms with Gasteiger partial charge in [-0.2, -0.15) is 0 Å². The van der Waals surface area contributed by atoms with Gasteiger partial charge in [-0.25, -0.2) is 4.79 Å². The van der Waals surface area contributed by atoms with Crippen molar-refractivity contribution in [3.8, 4) is 0 Å². The largest absolute Gasteiger partial charge is 0.444 e. The zero-order valence-corrected chi connectivity index (χ0v) is 19.3. The third-order valence-electron chi connectivity index (χ3n) is 5.80. The van der Waals surface area contributed by atoms with Gasteiger partial charge in [-0.05, 0) is 45.3 Å². The van der Waals surface area contributed by atoms with Crippen molar-refractivity contribution in [1.29, 1.82) is 0 Å². The number of hydrogen-bond donors (Lipinski definition) is 0. The highest BCUT2D eigenvalue weighted by Crippen LogP contribution is 2.63. The van der Waals surface area contributed by atoms with E-state index in [1.807, 2.05) is 20.8 Å². The second-order valence-corrected chi connectivity index (χ2v) is 16.2. The maximum Gasteiger partial charge on any atom is 0.410 e. The number of carbonyl (C=O) groups excluding carboxylic acids is 1. The van der Waals surface area contributed by atoms with E-state index < -0.39 is 18.3 Å². The number of amides is 1. The summed E-state index contributed by atoms with van der Waals surface area (Å²) >= 11 is 12.8. The maximum atomic E-state index is 12.7. The molecule has 0 aromatic heterocycles. The lowest BCUT2D eigenvalue weighted by Gasteiger charge is -2.41. The van der Waals surface area contributed by atoms with Gasteiger partial charge >= 0.3 is 6.09 Å². The number of piperidine rings is 1. The van der Waals surface area contributed by atoms with E-state index in [2.05, 4.69) is 33.9 Å². The summed E-state index contributed by atoms with van der Waals surface area (Å²) in [5.41, 5.74) is -0.526. The molecule has 0 radical (unpaired) electrons. The monoisotopic (exact) mass is 409 g/mol. The van der Waals surface area contributed by atoms with E-state index in [0.717, 1.165) is 6.42 Å². The average molecular weight is 410 g/mol. The van der Waals surface area contributed by atoms with Crippen molar-refractivity contribution >= 4 is 37.6 Å². The molecular weight excluding hydrogens is 377 g/mol. The number of carbonyl (C=O) groups is 1.